The third kappa shape index (κ3) is 5.34. The van der Waals surface area contributed by atoms with Gasteiger partial charge in [-0.1, -0.05) is 53.5 Å². The molecule has 21 heavy (non-hydrogen) atoms. The Balaban J connectivity index is 2.15. The average Bonchev–Trinajstić information content (AvgIpc) is 2.41. The van der Waals surface area contributed by atoms with Gasteiger partial charge in [0, 0.05) is 21.6 Å². The summed E-state index contributed by atoms with van der Waals surface area (Å²) in [4.78, 5) is 0. The van der Waals surface area contributed by atoms with Crippen LogP contribution in [0.3, 0.4) is 0 Å². The van der Waals surface area contributed by atoms with E-state index in [2.05, 4.69) is 41.2 Å². The van der Waals surface area contributed by atoms with Crippen molar-refractivity contribution < 1.29 is 4.74 Å². The zero-order valence-electron chi connectivity index (χ0n) is 12.2. The first-order valence-corrected chi connectivity index (χ1v) is 8.14. The molecule has 0 radical (unpaired) electrons. The Kier molecular flexibility index (Phi) is 6.09. The van der Waals surface area contributed by atoms with Crippen LogP contribution in [0, 0.1) is 5.92 Å². The van der Waals surface area contributed by atoms with Crippen LogP contribution in [0.15, 0.2) is 46.9 Å². The van der Waals surface area contributed by atoms with E-state index < -0.39 is 0 Å². The van der Waals surface area contributed by atoms with Crippen LogP contribution < -0.4 is 10.1 Å². The lowest BCUT2D eigenvalue weighted by Gasteiger charge is -2.13. The summed E-state index contributed by atoms with van der Waals surface area (Å²) in [7, 11) is 0. The SMILES string of the molecule is CC(C)CNCc1ccc(Br)cc1Oc1cccc(Cl)c1. The number of rotatable bonds is 6. The van der Waals surface area contributed by atoms with Crippen molar-refractivity contribution in [1.82, 2.24) is 5.32 Å². The molecule has 0 aromatic heterocycles. The quantitative estimate of drug-likeness (QED) is 0.712. The van der Waals surface area contributed by atoms with E-state index in [0.29, 0.717) is 10.9 Å². The van der Waals surface area contributed by atoms with Gasteiger partial charge >= 0.3 is 0 Å². The highest BCUT2D eigenvalue weighted by molar-refractivity contribution is 9.10. The Hall–Kier alpha value is -1.03. The molecule has 2 aromatic rings. The van der Waals surface area contributed by atoms with Gasteiger partial charge in [0.15, 0.2) is 0 Å². The second kappa shape index (κ2) is 7.83. The number of benzene rings is 2. The fourth-order valence-corrected chi connectivity index (χ4v) is 2.44. The number of ether oxygens (including phenoxy) is 1. The molecule has 0 aliphatic carbocycles. The maximum Gasteiger partial charge on any atom is 0.133 e. The lowest BCUT2D eigenvalue weighted by molar-refractivity contribution is 0.469. The van der Waals surface area contributed by atoms with Crippen molar-refractivity contribution in [2.75, 3.05) is 6.54 Å². The average molecular weight is 369 g/mol. The fourth-order valence-electron chi connectivity index (χ4n) is 1.92. The first kappa shape index (κ1) is 16.3. The van der Waals surface area contributed by atoms with Crippen molar-refractivity contribution >= 4 is 27.5 Å². The summed E-state index contributed by atoms with van der Waals surface area (Å²) in [5, 5.41) is 4.11. The van der Waals surface area contributed by atoms with Crippen molar-refractivity contribution in [2.45, 2.75) is 20.4 Å². The molecule has 0 saturated heterocycles. The molecule has 0 aliphatic rings. The Morgan fingerprint density at radius 1 is 1.19 bits per heavy atom. The van der Waals surface area contributed by atoms with E-state index in [1.807, 2.05) is 36.4 Å². The molecule has 4 heteroatoms. The largest absolute Gasteiger partial charge is 0.457 e. The molecule has 0 bridgehead atoms. The van der Waals surface area contributed by atoms with Gasteiger partial charge in [0.25, 0.3) is 0 Å². The van der Waals surface area contributed by atoms with Gasteiger partial charge in [0.05, 0.1) is 0 Å². The topological polar surface area (TPSA) is 21.3 Å². The van der Waals surface area contributed by atoms with Gasteiger partial charge in [-0.25, -0.2) is 0 Å². The number of nitrogens with one attached hydrogen (secondary N) is 1. The van der Waals surface area contributed by atoms with Gasteiger partial charge in [-0.05, 0) is 42.8 Å². The predicted molar refractivity (Wildman–Crippen MR) is 92.2 cm³/mol. The second-order valence-electron chi connectivity index (χ2n) is 5.34. The summed E-state index contributed by atoms with van der Waals surface area (Å²) < 4.78 is 6.97. The van der Waals surface area contributed by atoms with E-state index in [0.717, 1.165) is 34.6 Å². The maximum absolute atomic E-state index is 6.00. The molecule has 112 valence electrons. The van der Waals surface area contributed by atoms with E-state index in [1.165, 1.54) is 0 Å². The molecule has 0 aliphatic heterocycles. The van der Waals surface area contributed by atoms with Crippen molar-refractivity contribution in [2.24, 2.45) is 5.92 Å². The van der Waals surface area contributed by atoms with Gasteiger partial charge in [-0.3, -0.25) is 0 Å². The van der Waals surface area contributed by atoms with Gasteiger partial charge in [0.1, 0.15) is 11.5 Å². The molecule has 2 aromatic carbocycles. The van der Waals surface area contributed by atoms with Gasteiger partial charge in [-0.15, -0.1) is 0 Å². The predicted octanol–water partition coefficient (Wildman–Crippen LogP) is 5.64. The number of halogens is 2. The number of hydrogen-bond donors (Lipinski definition) is 1. The third-order valence-corrected chi connectivity index (χ3v) is 3.65. The highest BCUT2D eigenvalue weighted by Crippen LogP contribution is 2.29. The fraction of sp³-hybridized carbons (Fsp3) is 0.294. The molecule has 0 atom stereocenters. The minimum Gasteiger partial charge on any atom is -0.457 e. The molecule has 0 unspecified atom stereocenters. The molecule has 0 spiro atoms. The standard InChI is InChI=1S/C17H19BrClNO/c1-12(2)10-20-11-13-6-7-14(18)8-17(13)21-16-5-3-4-15(19)9-16/h3-9,12,20H,10-11H2,1-2H3. The Bertz CT molecular complexity index is 601. The van der Waals surface area contributed by atoms with Crippen molar-refractivity contribution in [3.63, 3.8) is 0 Å². The van der Waals surface area contributed by atoms with Gasteiger partial charge in [-0.2, -0.15) is 0 Å². The van der Waals surface area contributed by atoms with Crippen LogP contribution in [0.2, 0.25) is 5.02 Å². The highest BCUT2D eigenvalue weighted by Gasteiger charge is 2.07. The van der Waals surface area contributed by atoms with Crippen molar-refractivity contribution in [3.8, 4) is 11.5 Å². The highest BCUT2D eigenvalue weighted by atomic mass is 79.9. The normalized spacial score (nSPS) is 10.9. The molecule has 1 N–H and O–H groups in total. The van der Waals surface area contributed by atoms with Crippen LogP contribution in [0.5, 0.6) is 11.5 Å². The minimum atomic E-state index is 0.623. The van der Waals surface area contributed by atoms with E-state index >= 15 is 0 Å². The zero-order valence-corrected chi connectivity index (χ0v) is 14.5. The first-order chi connectivity index (χ1) is 10.0. The van der Waals surface area contributed by atoms with Crippen LogP contribution in [0.25, 0.3) is 0 Å². The lowest BCUT2D eigenvalue weighted by Crippen LogP contribution is -2.19. The molecular formula is C17H19BrClNO. The summed E-state index contributed by atoms with van der Waals surface area (Å²) in [5.41, 5.74) is 1.12. The van der Waals surface area contributed by atoms with E-state index in [-0.39, 0.29) is 0 Å². The van der Waals surface area contributed by atoms with Crippen molar-refractivity contribution in [1.29, 1.82) is 0 Å². The summed E-state index contributed by atoms with van der Waals surface area (Å²) in [5.74, 6) is 2.20. The summed E-state index contributed by atoms with van der Waals surface area (Å²) in [6.07, 6.45) is 0. The third-order valence-electron chi connectivity index (χ3n) is 2.92. The number of hydrogen-bond acceptors (Lipinski definition) is 2. The lowest BCUT2D eigenvalue weighted by atomic mass is 10.2. The smallest absolute Gasteiger partial charge is 0.133 e. The Morgan fingerprint density at radius 2 is 2.00 bits per heavy atom. The summed E-state index contributed by atoms with van der Waals surface area (Å²) >= 11 is 9.49. The molecule has 0 saturated carbocycles. The molecule has 0 heterocycles. The van der Waals surface area contributed by atoms with E-state index in [9.17, 15) is 0 Å². The van der Waals surface area contributed by atoms with E-state index in [4.69, 9.17) is 16.3 Å². The summed E-state index contributed by atoms with van der Waals surface area (Å²) in [6, 6.07) is 13.5. The first-order valence-electron chi connectivity index (χ1n) is 6.97. The molecule has 2 nitrogen and oxygen atoms in total. The Morgan fingerprint density at radius 3 is 2.71 bits per heavy atom. The van der Waals surface area contributed by atoms with Gasteiger partial charge < -0.3 is 10.1 Å². The van der Waals surface area contributed by atoms with Crippen LogP contribution in [-0.4, -0.2) is 6.54 Å². The summed E-state index contributed by atoms with van der Waals surface area (Å²) in [6.45, 7) is 6.14. The van der Waals surface area contributed by atoms with Crippen LogP contribution in [0.4, 0.5) is 0 Å². The van der Waals surface area contributed by atoms with Crippen LogP contribution >= 0.6 is 27.5 Å². The zero-order chi connectivity index (χ0) is 15.2. The Labute approximate surface area is 139 Å². The minimum absolute atomic E-state index is 0.623. The van der Waals surface area contributed by atoms with Crippen molar-refractivity contribution in [3.05, 3.63) is 57.5 Å². The molecule has 0 amide bonds. The molecule has 0 fully saturated rings. The molecular weight excluding hydrogens is 350 g/mol. The monoisotopic (exact) mass is 367 g/mol. The van der Waals surface area contributed by atoms with Crippen LogP contribution in [-0.2, 0) is 6.54 Å². The second-order valence-corrected chi connectivity index (χ2v) is 6.69. The van der Waals surface area contributed by atoms with Crippen LogP contribution in [0.1, 0.15) is 19.4 Å². The maximum atomic E-state index is 6.00. The molecule has 2 rings (SSSR count). The van der Waals surface area contributed by atoms with Gasteiger partial charge in [0.2, 0.25) is 0 Å². The van der Waals surface area contributed by atoms with E-state index in [1.54, 1.807) is 0 Å².